The highest BCUT2D eigenvalue weighted by molar-refractivity contribution is 7.93. The van der Waals surface area contributed by atoms with Gasteiger partial charge >= 0.3 is 0 Å². The molecule has 2 aliphatic carbocycles. The average Bonchev–Trinajstić information content (AvgIpc) is 2.92. The van der Waals surface area contributed by atoms with Crippen LogP contribution in [0.3, 0.4) is 0 Å². The van der Waals surface area contributed by atoms with Crippen LogP contribution in [0.5, 0.6) is 0 Å². The molecule has 0 aromatic carbocycles. The first kappa shape index (κ1) is 17.0. The van der Waals surface area contributed by atoms with Gasteiger partial charge in [0.25, 0.3) is 0 Å². The third-order valence-corrected chi connectivity index (χ3v) is 8.00. The lowest BCUT2D eigenvalue weighted by Gasteiger charge is -2.34. The van der Waals surface area contributed by atoms with Crippen LogP contribution in [0.15, 0.2) is 11.6 Å². The molecule has 2 rings (SSSR count). The lowest BCUT2D eigenvalue weighted by molar-refractivity contribution is 0.0434. The number of unbranched alkanes of at least 4 members (excludes halogenated alkanes) is 1. The van der Waals surface area contributed by atoms with E-state index < -0.39 is 14.6 Å². The largest absolute Gasteiger partial charge is 0.377 e. The number of ether oxygens (including phenoxy) is 1. The first-order valence-electron chi connectivity index (χ1n) is 8.29. The van der Waals surface area contributed by atoms with Crippen LogP contribution in [-0.2, 0) is 14.6 Å². The highest BCUT2D eigenvalue weighted by Gasteiger charge is 2.56. The third-order valence-electron chi connectivity index (χ3n) is 4.96. The van der Waals surface area contributed by atoms with Gasteiger partial charge < -0.3 is 4.74 Å². The first-order chi connectivity index (χ1) is 9.74. The Morgan fingerprint density at radius 1 is 1.29 bits per heavy atom. The van der Waals surface area contributed by atoms with Crippen molar-refractivity contribution in [2.45, 2.75) is 76.4 Å². The third kappa shape index (κ3) is 2.94. The summed E-state index contributed by atoms with van der Waals surface area (Å²) >= 11 is 0. The van der Waals surface area contributed by atoms with Crippen molar-refractivity contribution in [2.75, 3.05) is 6.61 Å². The second-order valence-corrected chi connectivity index (χ2v) is 10.3. The Labute approximate surface area is 130 Å². The molecule has 0 unspecified atom stereocenters. The molecular weight excluding hydrogens is 284 g/mol. The zero-order valence-electron chi connectivity index (χ0n) is 14.1. The highest BCUT2D eigenvalue weighted by atomic mass is 32.2. The Morgan fingerprint density at radius 3 is 2.48 bits per heavy atom. The van der Waals surface area contributed by atoms with Crippen molar-refractivity contribution in [3.8, 4) is 0 Å². The molecule has 21 heavy (non-hydrogen) atoms. The lowest BCUT2D eigenvalue weighted by atomic mass is 9.91. The van der Waals surface area contributed by atoms with E-state index in [4.69, 9.17) is 4.74 Å². The maximum atomic E-state index is 12.9. The minimum atomic E-state index is -3.19. The van der Waals surface area contributed by atoms with Crippen molar-refractivity contribution >= 4 is 9.84 Å². The van der Waals surface area contributed by atoms with Crippen LogP contribution < -0.4 is 0 Å². The van der Waals surface area contributed by atoms with Crippen LogP contribution in [0.4, 0.5) is 0 Å². The SMILES string of the molecule is CCCCC1=C[C@H]2C[C@@H]1[C@H](OCC)[C@H]2S(=O)(=O)C(C)(C)C. The van der Waals surface area contributed by atoms with Gasteiger partial charge in [-0.05, 0) is 52.9 Å². The molecule has 0 aliphatic heterocycles. The van der Waals surface area contributed by atoms with Crippen LogP contribution in [-0.4, -0.2) is 31.1 Å². The van der Waals surface area contributed by atoms with Crippen LogP contribution in [0, 0.1) is 11.8 Å². The standard InChI is InChI=1S/C17H30O3S/c1-6-8-9-12-10-13-11-14(12)15(20-7-2)16(13)21(18,19)17(3,4)5/h10,13-16H,6-9,11H2,1-5H3/t13-,14-,15-,16-/m0/s1. The molecule has 0 heterocycles. The van der Waals surface area contributed by atoms with Gasteiger partial charge in [0.2, 0.25) is 0 Å². The summed E-state index contributed by atoms with van der Waals surface area (Å²) in [7, 11) is -3.19. The van der Waals surface area contributed by atoms with E-state index in [0.717, 1.165) is 12.8 Å². The second-order valence-electron chi connectivity index (χ2n) is 7.39. The summed E-state index contributed by atoms with van der Waals surface area (Å²) in [6.45, 7) is 10.2. The van der Waals surface area contributed by atoms with E-state index in [9.17, 15) is 8.42 Å². The molecule has 0 spiro atoms. The molecule has 4 atom stereocenters. The zero-order valence-corrected chi connectivity index (χ0v) is 14.9. The van der Waals surface area contributed by atoms with Crippen LogP contribution >= 0.6 is 0 Å². The number of rotatable bonds is 6. The molecule has 1 fully saturated rings. The Balaban J connectivity index is 2.30. The smallest absolute Gasteiger partial charge is 0.161 e. The summed E-state index contributed by atoms with van der Waals surface area (Å²) in [5.74, 6) is 0.478. The van der Waals surface area contributed by atoms with Gasteiger partial charge in [0.1, 0.15) is 0 Å². The normalized spacial score (nSPS) is 32.5. The average molecular weight is 314 g/mol. The molecule has 0 saturated heterocycles. The van der Waals surface area contributed by atoms with E-state index in [1.807, 2.05) is 6.92 Å². The molecule has 0 aromatic heterocycles. The fraction of sp³-hybridized carbons (Fsp3) is 0.882. The predicted octanol–water partition coefficient (Wildman–Crippen LogP) is 3.74. The van der Waals surface area contributed by atoms with Gasteiger partial charge in [-0.25, -0.2) is 8.42 Å². The van der Waals surface area contributed by atoms with Crippen molar-refractivity contribution in [3.63, 3.8) is 0 Å². The minimum absolute atomic E-state index is 0.138. The molecule has 122 valence electrons. The molecule has 1 saturated carbocycles. The van der Waals surface area contributed by atoms with Crippen molar-refractivity contribution < 1.29 is 13.2 Å². The van der Waals surface area contributed by atoms with Crippen molar-refractivity contribution in [2.24, 2.45) is 11.8 Å². The van der Waals surface area contributed by atoms with Crippen LogP contribution in [0.1, 0.15) is 60.3 Å². The molecular formula is C17H30O3S. The Morgan fingerprint density at radius 2 is 1.95 bits per heavy atom. The fourth-order valence-corrected chi connectivity index (χ4v) is 5.91. The van der Waals surface area contributed by atoms with Gasteiger partial charge in [0.15, 0.2) is 9.84 Å². The number of sulfone groups is 1. The topological polar surface area (TPSA) is 43.4 Å². The molecule has 0 N–H and O–H groups in total. The van der Waals surface area contributed by atoms with Crippen molar-refractivity contribution in [3.05, 3.63) is 11.6 Å². The van der Waals surface area contributed by atoms with E-state index in [1.165, 1.54) is 18.4 Å². The van der Waals surface area contributed by atoms with E-state index in [2.05, 4.69) is 13.0 Å². The first-order valence-corrected chi connectivity index (χ1v) is 9.84. The zero-order chi connectivity index (χ0) is 15.8. The number of hydrogen-bond donors (Lipinski definition) is 0. The maximum absolute atomic E-state index is 12.9. The van der Waals surface area contributed by atoms with E-state index in [-0.39, 0.29) is 17.3 Å². The molecule has 0 aromatic rings. The summed E-state index contributed by atoms with van der Waals surface area (Å²) in [4.78, 5) is 0. The quantitative estimate of drug-likeness (QED) is 0.701. The van der Waals surface area contributed by atoms with Crippen LogP contribution in [0.2, 0.25) is 0 Å². The summed E-state index contributed by atoms with van der Waals surface area (Å²) in [5, 5.41) is -0.354. The summed E-state index contributed by atoms with van der Waals surface area (Å²) in [6, 6.07) is 0. The molecule has 3 nitrogen and oxygen atoms in total. The van der Waals surface area contributed by atoms with Crippen molar-refractivity contribution in [1.29, 1.82) is 0 Å². The van der Waals surface area contributed by atoms with Gasteiger partial charge in [0, 0.05) is 12.5 Å². The maximum Gasteiger partial charge on any atom is 0.161 e. The molecule has 2 bridgehead atoms. The predicted molar refractivity (Wildman–Crippen MR) is 87.1 cm³/mol. The van der Waals surface area contributed by atoms with Crippen molar-refractivity contribution in [1.82, 2.24) is 0 Å². The summed E-state index contributed by atoms with van der Waals surface area (Å²) in [6.07, 6.45) is 6.54. The molecule has 4 heteroatoms. The highest BCUT2D eigenvalue weighted by Crippen LogP contribution is 2.51. The summed E-state index contributed by atoms with van der Waals surface area (Å²) in [5.41, 5.74) is 1.45. The van der Waals surface area contributed by atoms with Gasteiger partial charge in [-0.1, -0.05) is 25.0 Å². The van der Waals surface area contributed by atoms with E-state index in [0.29, 0.717) is 12.5 Å². The van der Waals surface area contributed by atoms with E-state index in [1.54, 1.807) is 20.8 Å². The Kier molecular flexibility index (Phi) is 4.89. The molecule has 0 radical (unpaired) electrons. The second kappa shape index (κ2) is 6.04. The van der Waals surface area contributed by atoms with Gasteiger partial charge in [-0.3, -0.25) is 0 Å². The minimum Gasteiger partial charge on any atom is -0.377 e. The Bertz CT molecular complexity index is 499. The van der Waals surface area contributed by atoms with E-state index >= 15 is 0 Å². The molecule has 2 aliphatic rings. The monoisotopic (exact) mass is 314 g/mol. The summed E-state index contributed by atoms with van der Waals surface area (Å²) < 4.78 is 31.1. The number of fused-ring (bicyclic) bond motifs is 2. The Hall–Kier alpha value is -0.350. The number of allylic oxidation sites excluding steroid dienone is 1. The lowest BCUT2D eigenvalue weighted by Crippen LogP contribution is -2.47. The number of hydrogen-bond acceptors (Lipinski definition) is 3. The molecule has 0 amide bonds. The van der Waals surface area contributed by atoms with Gasteiger partial charge in [-0.2, -0.15) is 0 Å². The van der Waals surface area contributed by atoms with Gasteiger partial charge in [-0.15, -0.1) is 0 Å². The van der Waals surface area contributed by atoms with Gasteiger partial charge in [0.05, 0.1) is 16.1 Å². The fourth-order valence-electron chi connectivity index (χ4n) is 3.83. The van der Waals surface area contributed by atoms with Crippen LogP contribution in [0.25, 0.3) is 0 Å².